The van der Waals surface area contributed by atoms with Gasteiger partial charge in [0.1, 0.15) is 31.1 Å². The van der Waals surface area contributed by atoms with Gasteiger partial charge in [0.05, 0.1) is 0 Å². The molecule has 0 bridgehead atoms. The number of amides is 4. The van der Waals surface area contributed by atoms with E-state index in [0.717, 1.165) is 4.90 Å². The van der Waals surface area contributed by atoms with Crippen molar-refractivity contribution >= 4 is 23.5 Å². The van der Waals surface area contributed by atoms with Gasteiger partial charge in [-0.25, -0.2) is 9.18 Å². The number of benzene rings is 2. The van der Waals surface area contributed by atoms with Crippen LogP contribution in [0.25, 0.3) is 0 Å². The van der Waals surface area contributed by atoms with Crippen molar-refractivity contribution in [1.29, 1.82) is 0 Å². The number of carbonyl (C=O) groups excluding carboxylic acids is 3. The SMILES string of the molecule is C[C@@]1(c2ccc3c(c2)OCCO3)NC(=O)N(CC(=O)Nc2ccc(F)cc2)C1=O. The standard InChI is InChI=1S/C20H18FN3O5/c1-20(12-2-7-15-16(10-12)29-9-8-28-15)18(26)24(19(27)23-20)11-17(25)22-14-5-3-13(21)4-6-14/h2-7,10H,8-9,11H2,1H3,(H,22,25)(H,23,27)/t20-/m0/s1. The summed E-state index contributed by atoms with van der Waals surface area (Å²) in [4.78, 5) is 38.5. The topological polar surface area (TPSA) is 97.0 Å². The number of fused-ring (bicyclic) bond motifs is 1. The first-order valence-electron chi connectivity index (χ1n) is 8.96. The fourth-order valence-corrected chi connectivity index (χ4v) is 3.27. The summed E-state index contributed by atoms with van der Waals surface area (Å²) in [7, 11) is 0. The van der Waals surface area contributed by atoms with Gasteiger partial charge >= 0.3 is 6.03 Å². The molecule has 8 nitrogen and oxygen atoms in total. The molecule has 4 rings (SSSR count). The Bertz CT molecular complexity index is 994. The lowest BCUT2D eigenvalue weighted by molar-refractivity contribution is -0.133. The van der Waals surface area contributed by atoms with E-state index in [9.17, 15) is 18.8 Å². The second kappa shape index (κ2) is 7.08. The van der Waals surface area contributed by atoms with Crippen LogP contribution >= 0.6 is 0 Å². The Kier molecular flexibility index (Phi) is 4.57. The average Bonchev–Trinajstić information content (AvgIpc) is 2.93. The number of nitrogens with one attached hydrogen (secondary N) is 2. The van der Waals surface area contributed by atoms with Crippen LogP contribution in [0.4, 0.5) is 14.9 Å². The maximum atomic E-state index is 13.0. The number of ether oxygens (including phenoxy) is 2. The number of urea groups is 1. The van der Waals surface area contributed by atoms with Crippen molar-refractivity contribution in [1.82, 2.24) is 10.2 Å². The Morgan fingerprint density at radius 1 is 1.14 bits per heavy atom. The van der Waals surface area contributed by atoms with E-state index in [1.54, 1.807) is 25.1 Å². The monoisotopic (exact) mass is 399 g/mol. The number of hydrogen-bond acceptors (Lipinski definition) is 5. The Hall–Kier alpha value is -3.62. The van der Waals surface area contributed by atoms with Crippen LogP contribution in [0.5, 0.6) is 11.5 Å². The molecule has 0 aliphatic carbocycles. The van der Waals surface area contributed by atoms with Crippen LogP contribution in [0, 0.1) is 5.82 Å². The van der Waals surface area contributed by atoms with Crippen LogP contribution in [0.2, 0.25) is 0 Å². The van der Waals surface area contributed by atoms with Gasteiger partial charge in [0.2, 0.25) is 5.91 Å². The molecule has 0 spiro atoms. The van der Waals surface area contributed by atoms with Gasteiger partial charge < -0.3 is 20.1 Å². The first kappa shape index (κ1) is 18.7. The third-order valence-electron chi connectivity index (χ3n) is 4.82. The summed E-state index contributed by atoms with van der Waals surface area (Å²) < 4.78 is 24.0. The van der Waals surface area contributed by atoms with Crippen molar-refractivity contribution in [3.63, 3.8) is 0 Å². The quantitative estimate of drug-likeness (QED) is 0.767. The van der Waals surface area contributed by atoms with Gasteiger partial charge in [-0.15, -0.1) is 0 Å². The van der Waals surface area contributed by atoms with E-state index >= 15 is 0 Å². The third-order valence-corrected chi connectivity index (χ3v) is 4.82. The summed E-state index contributed by atoms with van der Waals surface area (Å²) in [5.41, 5.74) is -0.470. The highest BCUT2D eigenvalue weighted by molar-refractivity contribution is 6.10. The van der Waals surface area contributed by atoms with Gasteiger partial charge in [0.15, 0.2) is 11.5 Å². The van der Waals surface area contributed by atoms with Gasteiger partial charge in [-0.05, 0) is 48.9 Å². The number of rotatable bonds is 4. The molecule has 2 aliphatic rings. The molecule has 150 valence electrons. The van der Waals surface area contributed by atoms with E-state index in [0.29, 0.717) is 36.0 Å². The Labute approximate surface area is 165 Å². The lowest BCUT2D eigenvalue weighted by Crippen LogP contribution is -2.42. The number of anilines is 1. The van der Waals surface area contributed by atoms with Gasteiger partial charge in [-0.3, -0.25) is 14.5 Å². The van der Waals surface area contributed by atoms with Crippen LogP contribution in [-0.4, -0.2) is 42.5 Å². The molecule has 1 fully saturated rings. The molecule has 29 heavy (non-hydrogen) atoms. The molecule has 9 heteroatoms. The summed E-state index contributed by atoms with van der Waals surface area (Å²) in [5.74, 6) is -0.521. The molecule has 0 unspecified atom stereocenters. The fraction of sp³-hybridized carbons (Fsp3) is 0.250. The van der Waals surface area contributed by atoms with Crippen molar-refractivity contribution < 1.29 is 28.2 Å². The molecule has 0 saturated carbocycles. The summed E-state index contributed by atoms with van der Waals surface area (Å²) in [6.07, 6.45) is 0. The van der Waals surface area contributed by atoms with Crippen molar-refractivity contribution in [3.8, 4) is 11.5 Å². The van der Waals surface area contributed by atoms with Crippen LogP contribution in [0.3, 0.4) is 0 Å². The first-order chi connectivity index (χ1) is 13.9. The van der Waals surface area contributed by atoms with E-state index in [-0.39, 0.29) is 0 Å². The maximum absolute atomic E-state index is 13.0. The lowest BCUT2D eigenvalue weighted by Gasteiger charge is -2.25. The highest BCUT2D eigenvalue weighted by atomic mass is 19.1. The molecule has 0 radical (unpaired) electrons. The number of halogens is 1. The summed E-state index contributed by atoms with van der Waals surface area (Å²) in [5, 5.41) is 5.17. The largest absolute Gasteiger partial charge is 0.486 e. The summed E-state index contributed by atoms with van der Waals surface area (Å²) >= 11 is 0. The zero-order valence-corrected chi connectivity index (χ0v) is 15.5. The van der Waals surface area contributed by atoms with Crippen molar-refractivity contribution in [2.75, 3.05) is 25.1 Å². The number of carbonyl (C=O) groups is 3. The molecule has 4 amide bonds. The molecular weight excluding hydrogens is 381 g/mol. The van der Waals surface area contributed by atoms with Crippen molar-refractivity contribution in [2.45, 2.75) is 12.5 Å². The Morgan fingerprint density at radius 3 is 2.55 bits per heavy atom. The molecule has 2 aromatic carbocycles. The third kappa shape index (κ3) is 3.46. The maximum Gasteiger partial charge on any atom is 0.325 e. The molecule has 2 heterocycles. The molecule has 1 atom stereocenters. The molecule has 1 saturated heterocycles. The van der Waals surface area contributed by atoms with Crippen LogP contribution < -0.4 is 20.1 Å². The zero-order chi connectivity index (χ0) is 20.6. The minimum absolute atomic E-state index is 0.359. The molecule has 0 aromatic heterocycles. The van der Waals surface area contributed by atoms with E-state index in [1.807, 2.05) is 0 Å². The van der Waals surface area contributed by atoms with Crippen molar-refractivity contribution in [2.24, 2.45) is 0 Å². The summed E-state index contributed by atoms with van der Waals surface area (Å²) in [6.45, 7) is 1.93. The highest BCUT2D eigenvalue weighted by Gasteiger charge is 2.49. The normalized spacial score (nSPS) is 20.4. The highest BCUT2D eigenvalue weighted by Crippen LogP contribution is 2.36. The molecule has 2 aromatic rings. The fourth-order valence-electron chi connectivity index (χ4n) is 3.27. The second-order valence-corrected chi connectivity index (χ2v) is 6.86. The van der Waals surface area contributed by atoms with Gasteiger partial charge in [0, 0.05) is 5.69 Å². The average molecular weight is 399 g/mol. The Morgan fingerprint density at radius 2 is 1.83 bits per heavy atom. The zero-order valence-electron chi connectivity index (χ0n) is 15.5. The number of imide groups is 1. The van der Waals surface area contributed by atoms with E-state index in [1.165, 1.54) is 24.3 Å². The molecular formula is C20H18FN3O5. The predicted octanol–water partition coefficient (Wildman–Crippen LogP) is 2.00. The predicted molar refractivity (Wildman–Crippen MR) is 100 cm³/mol. The second-order valence-electron chi connectivity index (χ2n) is 6.86. The minimum atomic E-state index is -1.34. The van der Waals surface area contributed by atoms with Crippen molar-refractivity contribution in [3.05, 3.63) is 53.8 Å². The number of nitrogens with zero attached hydrogens (tertiary/aromatic N) is 1. The molecule has 2 aliphatic heterocycles. The minimum Gasteiger partial charge on any atom is -0.486 e. The van der Waals surface area contributed by atoms with E-state index in [2.05, 4.69) is 10.6 Å². The van der Waals surface area contributed by atoms with Gasteiger partial charge in [-0.2, -0.15) is 0 Å². The van der Waals surface area contributed by atoms with E-state index < -0.39 is 35.7 Å². The van der Waals surface area contributed by atoms with Crippen LogP contribution in [-0.2, 0) is 15.1 Å². The number of hydrogen-bond donors (Lipinski definition) is 2. The smallest absolute Gasteiger partial charge is 0.325 e. The van der Waals surface area contributed by atoms with Gasteiger partial charge in [0.25, 0.3) is 5.91 Å². The van der Waals surface area contributed by atoms with Crippen LogP contribution in [0.15, 0.2) is 42.5 Å². The lowest BCUT2D eigenvalue weighted by atomic mass is 9.91. The van der Waals surface area contributed by atoms with Crippen LogP contribution in [0.1, 0.15) is 12.5 Å². The van der Waals surface area contributed by atoms with Gasteiger partial charge in [-0.1, -0.05) is 6.07 Å². The summed E-state index contributed by atoms with van der Waals surface area (Å²) in [6, 6.07) is 9.49. The first-order valence-corrected chi connectivity index (χ1v) is 8.96. The molecule has 2 N–H and O–H groups in total. The van der Waals surface area contributed by atoms with E-state index in [4.69, 9.17) is 9.47 Å². The Balaban J connectivity index is 1.50.